The molecule has 0 aromatic rings. The Bertz CT molecular complexity index is 152. The van der Waals surface area contributed by atoms with Gasteiger partial charge in [-0.2, -0.15) is 0 Å². The van der Waals surface area contributed by atoms with Gasteiger partial charge in [0.2, 0.25) is 0 Å². The van der Waals surface area contributed by atoms with E-state index in [2.05, 4.69) is 12.2 Å². The summed E-state index contributed by atoms with van der Waals surface area (Å²) in [5.41, 5.74) is -0.220. The predicted octanol–water partition coefficient (Wildman–Crippen LogP) is 2.38. The number of carbonyl (C=O) groups is 1. The molecule has 1 atom stereocenters. The van der Waals surface area contributed by atoms with Crippen molar-refractivity contribution in [1.29, 1.82) is 0 Å². The molecule has 0 bridgehead atoms. The molecule has 0 saturated heterocycles. The maximum atomic E-state index is 11.9. The zero-order chi connectivity index (χ0) is 10.5. The molecule has 0 heterocycles. The molecule has 0 aliphatic carbocycles. The van der Waals surface area contributed by atoms with E-state index in [-0.39, 0.29) is 11.5 Å². The largest absolute Gasteiger partial charge is 0.308 e. The van der Waals surface area contributed by atoms with Crippen LogP contribution in [0.25, 0.3) is 0 Å². The van der Waals surface area contributed by atoms with Crippen LogP contribution in [-0.2, 0) is 4.79 Å². The van der Waals surface area contributed by atoms with E-state index in [1.54, 1.807) is 0 Å². The standard InChI is InChI=1S/C11H23NO/c1-6-8-9(12-7-2)10(13)11(3,4)5/h9,12H,6-8H2,1-5H3/t9-/m0/s1. The Hall–Kier alpha value is -0.370. The summed E-state index contributed by atoms with van der Waals surface area (Å²) in [4.78, 5) is 11.9. The number of carbonyl (C=O) groups excluding carboxylic acids is 1. The first-order valence-corrected chi connectivity index (χ1v) is 5.21. The maximum Gasteiger partial charge on any atom is 0.155 e. The highest BCUT2D eigenvalue weighted by Gasteiger charge is 2.27. The van der Waals surface area contributed by atoms with Crippen LogP contribution in [-0.4, -0.2) is 18.4 Å². The molecule has 0 aromatic heterocycles. The summed E-state index contributed by atoms with van der Waals surface area (Å²) < 4.78 is 0. The van der Waals surface area contributed by atoms with Gasteiger partial charge in [-0.1, -0.05) is 41.0 Å². The molecule has 0 fully saturated rings. The number of nitrogens with one attached hydrogen (secondary N) is 1. The normalized spacial score (nSPS) is 14.2. The first-order chi connectivity index (χ1) is 5.93. The smallest absolute Gasteiger partial charge is 0.155 e. The molecule has 0 spiro atoms. The summed E-state index contributed by atoms with van der Waals surface area (Å²) >= 11 is 0. The molecule has 78 valence electrons. The Morgan fingerprint density at radius 3 is 2.15 bits per heavy atom. The molecule has 2 nitrogen and oxygen atoms in total. The zero-order valence-corrected chi connectivity index (χ0v) is 9.61. The van der Waals surface area contributed by atoms with E-state index in [4.69, 9.17) is 0 Å². The van der Waals surface area contributed by atoms with Crippen LogP contribution in [0.1, 0.15) is 47.5 Å². The van der Waals surface area contributed by atoms with Gasteiger partial charge in [0.1, 0.15) is 0 Å². The molecular weight excluding hydrogens is 162 g/mol. The summed E-state index contributed by atoms with van der Waals surface area (Å²) in [6, 6.07) is 0.0509. The molecular formula is C11H23NO. The molecule has 13 heavy (non-hydrogen) atoms. The molecule has 0 unspecified atom stereocenters. The van der Waals surface area contributed by atoms with E-state index in [0.29, 0.717) is 5.78 Å². The van der Waals surface area contributed by atoms with Crippen molar-refractivity contribution in [2.45, 2.75) is 53.5 Å². The quantitative estimate of drug-likeness (QED) is 0.712. The molecule has 1 N–H and O–H groups in total. The summed E-state index contributed by atoms with van der Waals surface area (Å²) in [6.07, 6.45) is 2.00. The fourth-order valence-corrected chi connectivity index (χ4v) is 1.38. The lowest BCUT2D eigenvalue weighted by Gasteiger charge is -2.24. The maximum absolute atomic E-state index is 11.9. The highest BCUT2D eigenvalue weighted by Crippen LogP contribution is 2.18. The predicted molar refractivity (Wildman–Crippen MR) is 56.8 cm³/mol. The number of hydrogen-bond acceptors (Lipinski definition) is 2. The van der Waals surface area contributed by atoms with Gasteiger partial charge in [-0.15, -0.1) is 0 Å². The number of ketones is 1. The number of rotatable bonds is 5. The van der Waals surface area contributed by atoms with E-state index >= 15 is 0 Å². The third-order valence-electron chi connectivity index (χ3n) is 2.08. The van der Waals surface area contributed by atoms with Crippen LogP contribution in [0.5, 0.6) is 0 Å². The fourth-order valence-electron chi connectivity index (χ4n) is 1.38. The topological polar surface area (TPSA) is 29.1 Å². The van der Waals surface area contributed by atoms with Crippen LogP contribution in [0.3, 0.4) is 0 Å². The van der Waals surface area contributed by atoms with Crippen molar-refractivity contribution >= 4 is 5.78 Å². The zero-order valence-electron chi connectivity index (χ0n) is 9.61. The third kappa shape index (κ3) is 4.41. The minimum absolute atomic E-state index is 0.0509. The minimum Gasteiger partial charge on any atom is -0.308 e. The van der Waals surface area contributed by atoms with Crippen molar-refractivity contribution in [3.8, 4) is 0 Å². The van der Waals surface area contributed by atoms with Crippen LogP contribution < -0.4 is 5.32 Å². The number of hydrogen-bond donors (Lipinski definition) is 1. The van der Waals surface area contributed by atoms with Gasteiger partial charge in [-0.25, -0.2) is 0 Å². The molecule has 2 heteroatoms. The Morgan fingerprint density at radius 1 is 1.31 bits per heavy atom. The lowest BCUT2D eigenvalue weighted by molar-refractivity contribution is -0.128. The van der Waals surface area contributed by atoms with Gasteiger partial charge in [-0.05, 0) is 13.0 Å². The Balaban J connectivity index is 4.27. The molecule has 0 saturated carbocycles. The van der Waals surface area contributed by atoms with E-state index in [1.165, 1.54) is 0 Å². The number of Topliss-reactive ketones (excluding diaryl/α,β-unsaturated/α-hetero) is 1. The lowest BCUT2D eigenvalue weighted by atomic mass is 9.85. The van der Waals surface area contributed by atoms with Gasteiger partial charge in [-0.3, -0.25) is 4.79 Å². The lowest BCUT2D eigenvalue weighted by Crippen LogP contribution is -2.42. The van der Waals surface area contributed by atoms with Crippen molar-refractivity contribution in [1.82, 2.24) is 5.32 Å². The van der Waals surface area contributed by atoms with Crippen LogP contribution in [0, 0.1) is 5.41 Å². The second-order valence-electron chi connectivity index (χ2n) is 4.51. The van der Waals surface area contributed by atoms with Crippen molar-refractivity contribution in [2.24, 2.45) is 5.41 Å². The van der Waals surface area contributed by atoms with Gasteiger partial charge < -0.3 is 5.32 Å². The molecule has 0 amide bonds. The molecule has 0 radical (unpaired) electrons. The van der Waals surface area contributed by atoms with Gasteiger partial charge in [0.25, 0.3) is 0 Å². The summed E-state index contributed by atoms with van der Waals surface area (Å²) in [5, 5.41) is 3.24. The van der Waals surface area contributed by atoms with Crippen LogP contribution in [0.4, 0.5) is 0 Å². The minimum atomic E-state index is -0.220. The van der Waals surface area contributed by atoms with Crippen molar-refractivity contribution in [3.63, 3.8) is 0 Å². The summed E-state index contributed by atoms with van der Waals surface area (Å²) in [7, 11) is 0. The highest BCUT2D eigenvalue weighted by atomic mass is 16.1. The second-order valence-corrected chi connectivity index (χ2v) is 4.51. The average molecular weight is 185 g/mol. The SMILES string of the molecule is CCC[C@H](NCC)C(=O)C(C)(C)C. The third-order valence-corrected chi connectivity index (χ3v) is 2.08. The Kier molecular flexibility index (Phi) is 5.23. The first-order valence-electron chi connectivity index (χ1n) is 5.21. The molecule has 0 aliphatic rings. The fraction of sp³-hybridized carbons (Fsp3) is 0.909. The van der Waals surface area contributed by atoms with E-state index in [9.17, 15) is 4.79 Å². The summed E-state index contributed by atoms with van der Waals surface area (Å²) in [5.74, 6) is 0.330. The van der Waals surface area contributed by atoms with E-state index in [1.807, 2.05) is 27.7 Å². The average Bonchev–Trinajstić information content (AvgIpc) is 2.01. The van der Waals surface area contributed by atoms with E-state index < -0.39 is 0 Å². The Labute approximate surface area is 82.1 Å². The van der Waals surface area contributed by atoms with Crippen molar-refractivity contribution < 1.29 is 4.79 Å². The van der Waals surface area contributed by atoms with Crippen LogP contribution in [0.2, 0.25) is 0 Å². The molecule has 0 rings (SSSR count). The Morgan fingerprint density at radius 2 is 1.85 bits per heavy atom. The van der Waals surface area contributed by atoms with Crippen molar-refractivity contribution in [3.05, 3.63) is 0 Å². The first kappa shape index (κ1) is 12.6. The van der Waals surface area contributed by atoms with Crippen LogP contribution >= 0.6 is 0 Å². The summed E-state index contributed by atoms with van der Waals surface area (Å²) in [6.45, 7) is 11.0. The van der Waals surface area contributed by atoms with Crippen LogP contribution in [0.15, 0.2) is 0 Å². The molecule has 0 aromatic carbocycles. The second kappa shape index (κ2) is 5.38. The van der Waals surface area contributed by atoms with Gasteiger partial charge >= 0.3 is 0 Å². The number of likely N-dealkylation sites (N-methyl/N-ethyl adjacent to an activating group) is 1. The molecule has 0 aliphatic heterocycles. The van der Waals surface area contributed by atoms with E-state index in [0.717, 1.165) is 19.4 Å². The van der Waals surface area contributed by atoms with Gasteiger partial charge in [0.15, 0.2) is 5.78 Å². The van der Waals surface area contributed by atoms with Gasteiger partial charge in [0.05, 0.1) is 6.04 Å². The van der Waals surface area contributed by atoms with Crippen molar-refractivity contribution in [2.75, 3.05) is 6.54 Å². The highest BCUT2D eigenvalue weighted by molar-refractivity contribution is 5.88. The van der Waals surface area contributed by atoms with Gasteiger partial charge in [0, 0.05) is 5.41 Å². The monoisotopic (exact) mass is 185 g/mol.